The Labute approximate surface area is 80.9 Å². The highest BCUT2D eigenvalue weighted by molar-refractivity contribution is 5.81. The minimum atomic E-state index is 0.376. The van der Waals surface area contributed by atoms with Crippen LogP contribution in [0.3, 0.4) is 0 Å². The van der Waals surface area contributed by atoms with Crippen LogP contribution in [-0.4, -0.2) is 12.3 Å². The summed E-state index contributed by atoms with van der Waals surface area (Å²) in [6.07, 6.45) is 6.50. The Morgan fingerprint density at radius 2 is 2.08 bits per heavy atom. The lowest BCUT2D eigenvalue weighted by Gasteiger charge is -2.14. The molecular formula is C11H21NO. The van der Waals surface area contributed by atoms with Crippen molar-refractivity contribution >= 4 is 5.78 Å². The largest absolute Gasteiger partial charge is 0.330 e. The maximum atomic E-state index is 11.7. The highest BCUT2D eigenvalue weighted by Gasteiger charge is 2.23. The van der Waals surface area contributed by atoms with Gasteiger partial charge in [0, 0.05) is 12.3 Å². The number of ketones is 1. The predicted octanol–water partition coefficient (Wildman–Crippen LogP) is 2.12. The first-order valence-corrected chi connectivity index (χ1v) is 5.50. The average Bonchev–Trinajstić information content (AvgIpc) is 2.66. The molecule has 76 valence electrons. The molecule has 0 saturated heterocycles. The van der Waals surface area contributed by atoms with Crippen molar-refractivity contribution in [3.05, 3.63) is 0 Å². The minimum absolute atomic E-state index is 0.376. The van der Waals surface area contributed by atoms with Crippen LogP contribution in [0.25, 0.3) is 0 Å². The Kier molecular flexibility index (Phi) is 4.43. The third kappa shape index (κ3) is 3.11. The Hall–Kier alpha value is -0.370. The molecule has 1 saturated carbocycles. The molecule has 1 atom stereocenters. The summed E-state index contributed by atoms with van der Waals surface area (Å²) in [5.41, 5.74) is 5.58. The van der Waals surface area contributed by atoms with E-state index in [1.165, 1.54) is 12.8 Å². The Balaban J connectivity index is 2.30. The van der Waals surface area contributed by atoms with Crippen LogP contribution >= 0.6 is 0 Å². The van der Waals surface area contributed by atoms with Crippen LogP contribution in [0, 0.1) is 11.8 Å². The first-order chi connectivity index (χ1) is 6.27. The van der Waals surface area contributed by atoms with Crippen molar-refractivity contribution in [2.75, 3.05) is 6.54 Å². The SMILES string of the molecule is CCC(CN)CC(=O)C1CCCC1. The van der Waals surface area contributed by atoms with Gasteiger partial charge in [-0.2, -0.15) is 0 Å². The van der Waals surface area contributed by atoms with Crippen LogP contribution in [0.1, 0.15) is 45.4 Å². The van der Waals surface area contributed by atoms with Crippen molar-refractivity contribution in [3.63, 3.8) is 0 Å². The van der Waals surface area contributed by atoms with E-state index in [0.717, 1.165) is 25.7 Å². The van der Waals surface area contributed by atoms with Gasteiger partial charge in [0.2, 0.25) is 0 Å². The Bertz CT molecular complexity index is 157. The van der Waals surface area contributed by atoms with Gasteiger partial charge in [-0.05, 0) is 25.3 Å². The fourth-order valence-corrected chi connectivity index (χ4v) is 2.09. The zero-order valence-electron chi connectivity index (χ0n) is 8.59. The van der Waals surface area contributed by atoms with Crippen molar-refractivity contribution in [3.8, 4) is 0 Å². The number of carbonyl (C=O) groups excluding carboxylic acids is 1. The molecule has 1 unspecified atom stereocenters. The van der Waals surface area contributed by atoms with Gasteiger partial charge in [-0.1, -0.05) is 26.2 Å². The van der Waals surface area contributed by atoms with Gasteiger partial charge in [0.1, 0.15) is 5.78 Å². The summed E-state index contributed by atoms with van der Waals surface area (Å²) < 4.78 is 0. The molecule has 1 rings (SSSR count). The number of carbonyl (C=O) groups is 1. The lowest BCUT2D eigenvalue weighted by molar-refractivity contribution is -0.123. The molecule has 2 N–H and O–H groups in total. The van der Waals surface area contributed by atoms with Crippen molar-refractivity contribution in [2.45, 2.75) is 45.4 Å². The third-order valence-electron chi connectivity index (χ3n) is 3.21. The molecule has 2 nitrogen and oxygen atoms in total. The van der Waals surface area contributed by atoms with Crippen LogP contribution in [0.15, 0.2) is 0 Å². The molecule has 0 aromatic rings. The van der Waals surface area contributed by atoms with Crippen LogP contribution in [0.2, 0.25) is 0 Å². The first-order valence-electron chi connectivity index (χ1n) is 5.50. The molecule has 1 aliphatic carbocycles. The van der Waals surface area contributed by atoms with Gasteiger partial charge in [0.05, 0.1) is 0 Å². The lowest BCUT2D eigenvalue weighted by Crippen LogP contribution is -2.21. The van der Waals surface area contributed by atoms with E-state index < -0.39 is 0 Å². The molecule has 1 fully saturated rings. The summed E-state index contributed by atoms with van der Waals surface area (Å²) in [7, 11) is 0. The molecule has 0 heterocycles. The highest BCUT2D eigenvalue weighted by Crippen LogP contribution is 2.27. The molecule has 0 aromatic heterocycles. The second-order valence-electron chi connectivity index (χ2n) is 4.16. The summed E-state index contributed by atoms with van der Waals surface area (Å²) in [4.78, 5) is 11.7. The summed E-state index contributed by atoms with van der Waals surface area (Å²) in [6.45, 7) is 2.77. The quantitative estimate of drug-likeness (QED) is 0.709. The van der Waals surface area contributed by atoms with Gasteiger partial charge in [0.15, 0.2) is 0 Å². The number of Topliss-reactive ketones (excluding diaryl/α,β-unsaturated/α-hetero) is 1. The smallest absolute Gasteiger partial charge is 0.136 e. The number of nitrogens with two attached hydrogens (primary N) is 1. The number of rotatable bonds is 5. The second kappa shape index (κ2) is 5.38. The fraction of sp³-hybridized carbons (Fsp3) is 0.909. The van der Waals surface area contributed by atoms with E-state index >= 15 is 0 Å². The van der Waals surface area contributed by atoms with E-state index in [1.54, 1.807) is 0 Å². The zero-order chi connectivity index (χ0) is 9.68. The maximum absolute atomic E-state index is 11.7. The summed E-state index contributed by atoms with van der Waals surface area (Å²) >= 11 is 0. The highest BCUT2D eigenvalue weighted by atomic mass is 16.1. The van der Waals surface area contributed by atoms with E-state index in [9.17, 15) is 4.79 Å². The third-order valence-corrected chi connectivity index (χ3v) is 3.21. The van der Waals surface area contributed by atoms with Gasteiger partial charge in [0.25, 0.3) is 0 Å². The molecule has 0 spiro atoms. The second-order valence-corrected chi connectivity index (χ2v) is 4.16. The van der Waals surface area contributed by atoms with Crippen LogP contribution in [-0.2, 0) is 4.79 Å². The summed E-state index contributed by atoms with van der Waals surface area (Å²) in [6, 6.07) is 0. The van der Waals surface area contributed by atoms with E-state index in [1.807, 2.05) is 0 Å². The van der Waals surface area contributed by atoms with E-state index in [2.05, 4.69) is 6.92 Å². The number of hydrogen-bond donors (Lipinski definition) is 1. The van der Waals surface area contributed by atoms with Gasteiger partial charge in [-0.3, -0.25) is 4.79 Å². The standard InChI is InChI=1S/C11H21NO/c1-2-9(8-12)7-11(13)10-5-3-4-6-10/h9-10H,2-8,12H2,1H3. The molecule has 0 aromatic carbocycles. The number of hydrogen-bond acceptors (Lipinski definition) is 2. The van der Waals surface area contributed by atoms with Crippen molar-refractivity contribution in [1.29, 1.82) is 0 Å². The molecule has 0 aliphatic heterocycles. The Morgan fingerprint density at radius 1 is 1.46 bits per heavy atom. The van der Waals surface area contributed by atoms with Crippen LogP contribution in [0.5, 0.6) is 0 Å². The molecule has 2 heteroatoms. The summed E-state index contributed by atoms with van der Waals surface area (Å²) in [5.74, 6) is 1.27. The average molecular weight is 183 g/mol. The minimum Gasteiger partial charge on any atom is -0.330 e. The van der Waals surface area contributed by atoms with Crippen molar-refractivity contribution in [2.24, 2.45) is 17.6 Å². The molecule has 0 radical (unpaired) electrons. The maximum Gasteiger partial charge on any atom is 0.136 e. The molecule has 0 amide bonds. The topological polar surface area (TPSA) is 43.1 Å². The lowest BCUT2D eigenvalue weighted by atomic mass is 9.92. The fourth-order valence-electron chi connectivity index (χ4n) is 2.09. The predicted molar refractivity (Wildman–Crippen MR) is 54.4 cm³/mol. The van der Waals surface area contributed by atoms with E-state index in [4.69, 9.17) is 5.73 Å². The Morgan fingerprint density at radius 3 is 2.54 bits per heavy atom. The van der Waals surface area contributed by atoms with Gasteiger partial charge in [-0.15, -0.1) is 0 Å². The molecule has 13 heavy (non-hydrogen) atoms. The van der Waals surface area contributed by atoms with Gasteiger partial charge >= 0.3 is 0 Å². The molecule has 1 aliphatic rings. The van der Waals surface area contributed by atoms with Crippen molar-refractivity contribution < 1.29 is 4.79 Å². The summed E-state index contributed by atoms with van der Waals surface area (Å²) in [5, 5.41) is 0. The van der Waals surface area contributed by atoms with Gasteiger partial charge < -0.3 is 5.73 Å². The molecular weight excluding hydrogens is 162 g/mol. The van der Waals surface area contributed by atoms with Gasteiger partial charge in [-0.25, -0.2) is 0 Å². The van der Waals surface area contributed by atoms with E-state index in [0.29, 0.717) is 24.2 Å². The first kappa shape index (κ1) is 10.7. The van der Waals surface area contributed by atoms with Crippen LogP contribution < -0.4 is 5.73 Å². The molecule has 0 bridgehead atoms. The van der Waals surface area contributed by atoms with E-state index in [-0.39, 0.29) is 0 Å². The van der Waals surface area contributed by atoms with Crippen molar-refractivity contribution in [1.82, 2.24) is 0 Å². The monoisotopic (exact) mass is 183 g/mol. The van der Waals surface area contributed by atoms with Crippen LogP contribution in [0.4, 0.5) is 0 Å². The zero-order valence-corrected chi connectivity index (χ0v) is 8.59. The normalized spacial score (nSPS) is 20.5.